The molecular formula is C22H30N6O4. The molecule has 1 aromatic carbocycles. The van der Waals surface area contributed by atoms with Gasteiger partial charge in [-0.3, -0.25) is 19.1 Å². The summed E-state index contributed by atoms with van der Waals surface area (Å²) in [7, 11) is 0. The van der Waals surface area contributed by atoms with Crippen LogP contribution >= 0.6 is 0 Å². The van der Waals surface area contributed by atoms with Gasteiger partial charge in [-0.05, 0) is 38.0 Å². The SMILES string of the molecule is CC(=O)N1CCCNC(=O)[C@@H](C)NC(=O)c2ccc(C)cc2OCCCn2cc(nn2)C1. The minimum atomic E-state index is -0.711. The van der Waals surface area contributed by atoms with Gasteiger partial charge in [0.2, 0.25) is 11.8 Å². The van der Waals surface area contributed by atoms with Crippen molar-refractivity contribution in [3.8, 4) is 5.75 Å². The van der Waals surface area contributed by atoms with E-state index in [2.05, 4.69) is 20.9 Å². The molecule has 2 heterocycles. The number of nitrogens with zero attached hydrogens (tertiary/aromatic N) is 4. The van der Waals surface area contributed by atoms with Crippen molar-refractivity contribution in [1.29, 1.82) is 0 Å². The Morgan fingerprint density at radius 1 is 1.22 bits per heavy atom. The Labute approximate surface area is 187 Å². The van der Waals surface area contributed by atoms with E-state index in [0.29, 0.717) is 62.6 Å². The van der Waals surface area contributed by atoms with Gasteiger partial charge in [-0.15, -0.1) is 5.10 Å². The van der Waals surface area contributed by atoms with E-state index in [1.807, 2.05) is 25.3 Å². The summed E-state index contributed by atoms with van der Waals surface area (Å²) in [6.07, 6.45) is 3.06. The van der Waals surface area contributed by atoms with Gasteiger partial charge in [0.1, 0.15) is 17.5 Å². The van der Waals surface area contributed by atoms with Crippen LogP contribution in [0.25, 0.3) is 0 Å². The van der Waals surface area contributed by atoms with E-state index in [9.17, 15) is 14.4 Å². The molecule has 32 heavy (non-hydrogen) atoms. The summed E-state index contributed by atoms with van der Waals surface area (Å²) < 4.78 is 7.61. The molecular weight excluding hydrogens is 412 g/mol. The van der Waals surface area contributed by atoms with Crippen LogP contribution in [0.5, 0.6) is 5.75 Å². The lowest BCUT2D eigenvalue weighted by molar-refractivity contribution is -0.129. The minimum Gasteiger partial charge on any atom is -0.493 e. The molecule has 0 fully saturated rings. The minimum absolute atomic E-state index is 0.0705. The van der Waals surface area contributed by atoms with Gasteiger partial charge in [-0.1, -0.05) is 11.3 Å². The van der Waals surface area contributed by atoms with E-state index in [0.717, 1.165) is 5.56 Å². The molecule has 0 spiro atoms. The summed E-state index contributed by atoms with van der Waals surface area (Å²) in [6, 6.07) is 4.63. The topological polar surface area (TPSA) is 118 Å². The lowest BCUT2D eigenvalue weighted by atomic mass is 10.1. The van der Waals surface area contributed by atoms with Gasteiger partial charge in [-0.2, -0.15) is 0 Å². The molecule has 3 amide bonds. The zero-order valence-electron chi connectivity index (χ0n) is 18.8. The number of aryl methyl sites for hydroxylation is 2. The number of carbonyl (C=O) groups is 3. The van der Waals surface area contributed by atoms with Crippen LogP contribution in [0.2, 0.25) is 0 Å². The summed E-state index contributed by atoms with van der Waals surface area (Å²) >= 11 is 0. The van der Waals surface area contributed by atoms with E-state index in [1.165, 1.54) is 6.92 Å². The van der Waals surface area contributed by atoms with E-state index in [1.54, 1.807) is 22.6 Å². The largest absolute Gasteiger partial charge is 0.493 e. The van der Waals surface area contributed by atoms with Gasteiger partial charge >= 0.3 is 0 Å². The van der Waals surface area contributed by atoms with Gasteiger partial charge in [0.25, 0.3) is 5.91 Å². The molecule has 1 aromatic heterocycles. The number of hydrogen-bond donors (Lipinski definition) is 2. The summed E-state index contributed by atoms with van der Waals surface area (Å²) in [5.41, 5.74) is 2.05. The Kier molecular flexibility index (Phi) is 7.80. The summed E-state index contributed by atoms with van der Waals surface area (Å²) in [4.78, 5) is 38.8. The normalized spacial score (nSPS) is 18.8. The van der Waals surface area contributed by atoms with Gasteiger partial charge in [-0.25, -0.2) is 0 Å². The second-order valence-corrected chi connectivity index (χ2v) is 7.95. The molecule has 2 aromatic rings. The van der Waals surface area contributed by atoms with Crippen LogP contribution in [-0.2, 0) is 22.7 Å². The summed E-state index contributed by atoms with van der Waals surface area (Å²) in [5.74, 6) is -0.254. The van der Waals surface area contributed by atoms with Crippen LogP contribution in [0.4, 0.5) is 0 Å². The first-order chi connectivity index (χ1) is 15.3. The quantitative estimate of drug-likeness (QED) is 0.629. The van der Waals surface area contributed by atoms with E-state index in [4.69, 9.17) is 4.74 Å². The van der Waals surface area contributed by atoms with Crippen LogP contribution in [0, 0.1) is 6.92 Å². The molecule has 0 radical (unpaired) electrons. The van der Waals surface area contributed by atoms with E-state index < -0.39 is 6.04 Å². The van der Waals surface area contributed by atoms with Crippen LogP contribution in [0.1, 0.15) is 48.3 Å². The molecule has 3 rings (SSSR count). The van der Waals surface area contributed by atoms with Crippen LogP contribution < -0.4 is 15.4 Å². The average Bonchev–Trinajstić information content (AvgIpc) is 3.19. The fourth-order valence-corrected chi connectivity index (χ4v) is 3.38. The Morgan fingerprint density at radius 3 is 2.81 bits per heavy atom. The predicted octanol–water partition coefficient (Wildman–Crippen LogP) is 1.04. The monoisotopic (exact) mass is 442 g/mol. The molecule has 1 aliphatic rings. The number of hydrogen-bond acceptors (Lipinski definition) is 6. The van der Waals surface area contributed by atoms with E-state index >= 15 is 0 Å². The predicted molar refractivity (Wildman–Crippen MR) is 117 cm³/mol. The molecule has 1 aliphatic heterocycles. The first kappa shape index (κ1) is 23.2. The van der Waals surface area contributed by atoms with Crippen molar-refractivity contribution in [2.75, 3.05) is 19.7 Å². The first-order valence-corrected chi connectivity index (χ1v) is 10.8. The highest BCUT2D eigenvalue weighted by Gasteiger charge is 2.20. The Hall–Kier alpha value is -3.43. The Balaban J connectivity index is 1.77. The average molecular weight is 443 g/mol. The van der Waals surface area contributed by atoms with Gasteiger partial charge in [0.15, 0.2) is 0 Å². The molecule has 10 heteroatoms. The highest BCUT2D eigenvalue weighted by Crippen LogP contribution is 2.21. The summed E-state index contributed by atoms with van der Waals surface area (Å²) in [6.45, 7) is 7.26. The van der Waals surface area contributed by atoms with Crippen molar-refractivity contribution >= 4 is 17.7 Å². The Bertz CT molecular complexity index is 973. The van der Waals surface area contributed by atoms with Crippen LogP contribution in [0.15, 0.2) is 24.4 Å². The maximum absolute atomic E-state index is 12.8. The third-order valence-corrected chi connectivity index (χ3v) is 5.20. The molecule has 0 aliphatic carbocycles. The lowest BCUT2D eigenvalue weighted by Gasteiger charge is -2.20. The number of benzene rings is 1. The fraction of sp³-hybridized carbons (Fsp3) is 0.500. The molecule has 1 atom stereocenters. The zero-order valence-corrected chi connectivity index (χ0v) is 18.8. The smallest absolute Gasteiger partial charge is 0.255 e. The zero-order chi connectivity index (χ0) is 23.1. The number of nitrogens with one attached hydrogen (secondary N) is 2. The highest BCUT2D eigenvalue weighted by molar-refractivity contribution is 5.99. The number of rotatable bonds is 0. The van der Waals surface area contributed by atoms with Crippen molar-refractivity contribution in [3.05, 3.63) is 41.2 Å². The molecule has 10 nitrogen and oxygen atoms in total. The number of amides is 3. The highest BCUT2D eigenvalue weighted by atomic mass is 16.5. The maximum atomic E-state index is 12.8. The van der Waals surface area contributed by atoms with Crippen LogP contribution in [-0.4, -0.2) is 63.4 Å². The number of ether oxygens (including phenoxy) is 1. The van der Waals surface area contributed by atoms with Crippen LogP contribution in [0.3, 0.4) is 0 Å². The van der Waals surface area contributed by atoms with Gasteiger partial charge < -0.3 is 20.3 Å². The Morgan fingerprint density at radius 2 is 2.03 bits per heavy atom. The second kappa shape index (κ2) is 10.7. The van der Waals surface area contributed by atoms with Gasteiger partial charge in [0.05, 0.1) is 24.9 Å². The lowest BCUT2D eigenvalue weighted by Crippen LogP contribution is -2.45. The van der Waals surface area contributed by atoms with Gasteiger partial charge in [0, 0.05) is 33.0 Å². The number of fused-ring (bicyclic) bond motifs is 3. The van der Waals surface area contributed by atoms with E-state index in [-0.39, 0.29) is 17.7 Å². The molecule has 2 bridgehead atoms. The van der Waals surface area contributed by atoms with Crippen molar-refractivity contribution < 1.29 is 19.1 Å². The molecule has 172 valence electrons. The third kappa shape index (κ3) is 6.29. The fourth-order valence-electron chi connectivity index (χ4n) is 3.38. The van der Waals surface area contributed by atoms with Crippen molar-refractivity contribution in [2.24, 2.45) is 0 Å². The standard InChI is InChI=1S/C22H30N6O4/c1-15-6-7-19-20(12-15)32-11-5-10-28-14-18(25-26-28)13-27(17(3)29)9-4-8-23-21(30)16(2)24-22(19)31/h6-7,12,14,16H,4-5,8-11,13H2,1-3H3,(H,23,30)(H,24,31)/t16-/m1/s1. The first-order valence-electron chi connectivity index (χ1n) is 10.8. The number of carbonyl (C=O) groups excluding carboxylic acids is 3. The van der Waals surface area contributed by atoms with Crippen molar-refractivity contribution in [3.63, 3.8) is 0 Å². The van der Waals surface area contributed by atoms with Crippen molar-refractivity contribution in [1.82, 2.24) is 30.5 Å². The van der Waals surface area contributed by atoms with Crippen molar-refractivity contribution in [2.45, 2.75) is 52.7 Å². The maximum Gasteiger partial charge on any atom is 0.255 e. The second-order valence-electron chi connectivity index (χ2n) is 7.95. The summed E-state index contributed by atoms with van der Waals surface area (Å²) in [5, 5.41) is 13.8. The number of aromatic nitrogens is 3. The molecule has 0 saturated heterocycles. The molecule has 2 N–H and O–H groups in total. The third-order valence-electron chi connectivity index (χ3n) is 5.20. The molecule has 0 saturated carbocycles. The molecule has 0 unspecified atom stereocenters.